The van der Waals surface area contributed by atoms with Crippen molar-refractivity contribution in [1.29, 1.82) is 0 Å². The highest BCUT2D eigenvalue weighted by atomic mass is 16.2. The molecule has 0 aromatic heterocycles. The normalized spacial score (nSPS) is 19.0. The number of hydrogen-bond acceptors (Lipinski definition) is 3. The highest BCUT2D eigenvalue weighted by molar-refractivity contribution is 5.82. The number of carbonyl (C=O) groups excluding carboxylic acids is 1. The van der Waals surface area contributed by atoms with Crippen molar-refractivity contribution in [1.82, 2.24) is 15.5 Å². The molecular formula is C17H35N3O. The second kappa shape index (κ2) is 8.14. The van der Waals surface area contributed by atoms with Gasteiger partial charge in [0.1, 0.15) is 0 Å². The van der Waals surface area contributed by atoms with Crippen molar-refractivity contribution in [3.05, 3.63) is 0 Å². The van der Waals surface area contributed by atoms with Crippen LogP contribution in [0.25, 0.3) is 0 Å². The summed E-state index contributed by atoms with van der Waals surface area (Å²) >= 11 is 0. The maximum atomic E-state index is 12.5. The number of piperidine rings is 1. The number of hydrogen-bond donors (Lipinski definition) is 2. The predicted molar refractivity (Wildman–Crippen MR) is 89.4 cm³/mol. The molecule has 0 aromatic rings. The summed E-state index contributed by atoms with van der Waals surface area (Å²) in [7, 11) is 0. The Morgan fingerprint density at radius 3 is 2.33 bits per heavy atom. The summed E-state index contributed by atoms with van der Waals surface area (Å²) in [5.74, 6) is 0.868. The number of nitrogens with one attached hydrogen (secondary N) is 2. The molecule has 0 saturated carbocycles. The first-order valence-corrected chi connectivity index (χ1v) is 8.55. The molecule has 1 aliphatic heterocycles. The molecule has 0 radical (unpaired) electrons. The standard InChI is InChI=1S/C17H35N3O/c1-7-17(5,6)19-16(21)14(4)20(13(2)3)12-15-8-10-18-11-9-15/h13-15,18H,7-12H2,1-6H3,(H,19,21). The van der Waals surface area contributed by atoms with Gasteiger partial charge in [-0.05, 0) is 72.9 Å². The van der Waals surface area contributed by atoms with Crippen LogP contribution in [0.2, 0.25) is 0 Å². The zero-order chi connectivity index (χ0) is 16.0. The molecule has 1 saturated heterocycles. The predicted octanol–water partition coefficient (Wildman–Crippen LogP) is 2.39. The molecule has 21 heavy (non-hydrogen) atoms. The van der Waals surface area contributed by atoms with Gasteiger partial charge in [-0.15, -0.1) is 0 Å². The third kappa shape index (κ3) is 5.95. The maximum absolute atomic E-state index is 12.5. The van der Waals surface area contributed by atoms with Gasteiger partial charge in [-0.2, -0.15) is 0 Å². The van der Waals surface area contributed by atoms with Gasteiger partial charge in [0.2, 0.25) is 5.91 Å². The third-order valence-electron chi connectivity index (χ3n) is 4.81. The van der Waals surface area contributed by atoms with E-state index in [-0.39, 0.29) is 17.5 Å². The lowest BCUT2D eigenvalue weighted by atomic mass is 9.96. The van der Waals surface area contributed by atoms with Crippen molar-refractivity contribution in [2.24, 2.45) is 5.92 Å². The molecule has 1 unspecified atom stereocenters. The molecule has 0 aromatic carbocycles. The maximum Gasteiger partial charge on any atom is 0.237 e. The topological polar surface area (TPSA) is 44.4 Å². The summed E-state index contributed by atoms with van der Waals surface area (Å²) in [6.07, 6.45) is 3.39. The molecule has 0 aliphatic carbocycles. The van der Waals surface area contributed by atoms with E-state index < -0.39 is 0 Å². The van der Waals surface area contributed by atoms with Gasteiger partial charge in [0.05, 0.1) is 6.04 Å². The molecule has 1 aliphatic rings. The van der Waals surface area contributed by atoms with Gasteiger partial charge in [-0.1, -0.05) is 6.92 Å². The second-order valence-electron chi connectivity index (χ2n) is 7.39. The van der Waals surface area contributed by atoms with E-state index in [1.807, 2.05) is 6.92 Å². The van der Waals surface area contributed by atoms with Crippen LogP contribution in [0, 0.1) is 5.92 Å². The van der Waals surface area contributed by atoms with E-state index in [1.54, 1.807) is 0 Å². The summed E-state index contributed by atoms with van der Waals surface area (Å²) in [6.45, 7) is 16.0. The van der Waals surface area contributed by atoms with Crippen molar-refractivity contribution in [3.63, 3.8) is 0 Å². The van der Waals surface area contributed by atoms with E-state index >= 15 is 0 Å². The summed E-state index contributed by atoms with van der Waals surface area (Å²) in [4.78, 5) is 14.9. The van der Waals surface area contributed by atoms with Crippen molar-refractivity contribution in [2.75, 3.05) is 19.6 Å². The van der Waals surface area contributed by atoms with Gasteiger partial charge in [0.25, 0.3) is 0 Å². The lowest BCUT2D eigenvalue weighted by Gasteiger charge is -2.37. The van der Waals surface area contributed by atoms with Crippen molar-refractivity contribution < 1.29 is 4.79 Å². The van der Waals surface area contributed by atoms with Crippen LogP contribution in [-0.2, 0) is 4.79 Å². The molecule has 1 rings (SSSR count). The van der Waals surface area contributed by atoms with Crippen LogP contribution in [0.4, 0.5) is 0 Å². The Labute approximate surface area is 131 Å². The van der Waals surface area contributed by atoms with Crippen molar-refractivity contribution >= 4 is 5.91 Å². The monoisotopic (exact) mass is 297 g/mol. The van der Waals surface area contributed by atoms with E-state index in [0.717, 1.165) is 26.1 Å². The molecule has 0 bridgehead atoms. The van der Waals surface area contributed by atoms with Gasteiger partial charge in [0, 0.05) is 18.1 Å². The fourth-order valence-corrected chi connectivity index (χ4v) is 2.86. The van der Waals surface area contributed by atoms with Gasteiger partial charge in [-0.25, -0.2) is 0 Å². The first-order chi connectivity index (χ1) is 9.76. The minimum atomic E-state index is -0.122. The average Bonchev–Trinajstić information content (AvgIpc) is 2.44. The molecule has 1 atom stereocenters. The van der Waals surface area contributed by atoms with E-state index in [2.05, 4.69) is 50.2 Å². The van der Waals surface area contributed by atoms with Crippen LogP contribution in [-0.4, -0.2) is 48.1 Å². The molecule has 124 valence electrons. The van der Waals surface area contributed by atoms with E-state index in [4.69, 9.17) is 0 Å². The number of rotatable bonds is 7. The molecule has 0 spiro atoms. The Hall–Kier alpha value is -0.610. The van der Waals surface area contributed by atoms with Crippen LogP contribution in [0.1, 0.15) is 60.8 Å². The van der Waals surface area contributed by atoms with Gasteiger partial charge < -0.3 is 10.6 Å². The van der Waals surface area contributed by atoms with Crippen LogP contribution < -0.4 is 10.6 Å². The average molecular weight is 297 g/mol. The zero-order valence-corrected chi connectivity index (χ0v) is 14.8. The lowest BCUT2D eigenvalue weighted by Crippen LogP contribution is -2.54. The smallest absolute Gasteiger partial charge is 0.237 e. The van der Waals surface area contributed by atoms with E-state index in [1.165, 1.54) is 12.8 Å². The Morgan fingerprint density at radius 1 is 1.29 bits per heavy atom. The van der Waals surface area contributed by atoms with Gasteiger partial charge in [0.15, 0.2) is 0 Å². The zero-order valence-electron chi connectivity index (χ0n) is 14.8. The minimum Gasteiger partial charge on any atom is -0.350 e. The fourth-order valence-electron chi connectivity index (χ4n) is 2.86. The van der Waals surface area contributed by atoms with Crippen molar-refractivity contribution in [3.8, 4) is 0 Å². The van der Waals surface area contributed by atoms with Crippen molar-refractivity contribution in [2.45, 2.75) is 78.4 Å². The highest BCUT2D eigenvalue weighted by Crippen LogP contribution is 2.18. The van der Waals surface area contributed by atoms with Gasteiger partial charge in [-0.3, -0.25) is 9.69 Å². The number of carbonyl (C=O) groups is 1. The largest absolute Gasteiger partial charge is 0.350 e. The first kappa shape index (κ1) is 18.4. The Bertz CT molecular complexity index is 322. The summed E-state index contributed by atoms with van der Waals surface area (Å²) in [5.41, 5.74) is -0.122. The fraction of sp³-hybridized carbons (Fsp3) is 0.941. The second-order valence-corrected chi connectivity index (χ2v) is 7.39. The van der Waals surface area contributed by atoms with E-state index in [0.29, 0.717) is 12.0 Å². The quantitative estimate of drug-likeness (QED) is 0.758. The highest BCUT2D eigenvalue weighted by Gasteiger charge is 2.29. The van der Waals surface area contributed by atoms with E-state index in [9.17, 15) is 4.79 Å². The minimum absolute atomic E-state index is 0.0642. The lowest BCUT2D eigenvalue weighted by molar-refractivity contribution is -0.128. The Balaban J connectivity index is 2.63. The van der Waals surface area contributed by atoms with Crippen LogP contribution in [0.15, 0.2) is 0 Å². The Kier molecular flexibility index (Phi) is 7.14. The molecular weight excluding hydrogens is 262 g/mol. The summed E-state index contributed by atoms with van der Waals surface area (Å²) in [6, 6.07) is 0.330. The number of amides is 1. The van der Waals surface area contributed by atoms with Gasteiger partial charge >= 0.3 is 0 Å². The summed E-state index contributed by atoms with van der Waals surface area (Å²) in [5, 5.41) is 6.60. The molecule has 4 nitrogen and oxygen atoms in total. The van der Waals surface area contributed by atoms with Crippen LogP contribution in [0.3, 0.4) is 0 Å². The van der Waals surface area contributed by atoms with Crippen LogP contribution >= 0.6 is 0 Å². The first-order valence-electron chi connectivity index (χ1n) is 8.55. The molecule has 4 heteroatoms. The SMILES string of the molecule is CCC(C)(C)NC(=O)C(C)N(CC1CCNCC1)C(C)C. The summed E-state index contributed by atoms with van der Waals surface area (Å²) < 4.78 is 0. The Morgan fingerprint density at radius 2 is 1.86 bits per heavy atom. The molecule has 1 amide bonds. The number of nitrogens with zero attached hydrogens (tertiary/aromatic N) is 1. The molecule has 1 heterocycles. The molecule has 1 fully saturated rings. The van der Waals surface area contributed by atoms with Crippen LogP contribution in [0.5, 0.6) is 0 Å². The molecule has 2 N–H and O–H groups in total. The third-order valence-corrected chi connectivity index (χ3v) is 4.81.